The molecule has 1 aliphatic carbocycles. The highest BCUT2D eigenvalue weighted by atomic mass is 35.5. The molecule has 70 valence electrons. The van der Waals surface area contributed by atoms with Gasteiger partial charge in [0.2, 0.25) is 0 Å². The van der Waals surface area contributed by atoms with Gasteiger partial charge < -0.3 is 10.1 Å². The van der Waals surface area contributed by atoms with E-state index >= 15 is 0 Å². The Morgan fingerprint density at radius 1 is 1.50 bits per heavy atom. The van der Waals surface area contributed by atoms with E-state index in [0.29, 0.717) is 12.0 Å². The fraction of sp³-hybridized carbons (Fsp3) is 0.875. The smallest absolute Gasteiger partial charge is 0.323 e. The average molecular weight is 192 g/mol. The summed E-state index contributed by atoms with van der Waals surface area (Å²) in [5, 5.41) is 3.27. The number of ether oxygens (including phenoxy) is 1. The van der Waals surface area contributed by atoms with Gasteiger partial charge >= 0.3 is 5.97 Å². The second-order valence-electron chi connectivity index (χ2n) is 3.44. The maximum absolute atomic E-state index is 11.1. The molecule has 4 heteroatoms. The van der Waals surface area contributed by atoms with Crippen LogP contribution in [0, 0.1) is 5.92 Å². The molecule has 2 aliphatic rings. The molecule has 2 bridgehead atoms. The summed E-state index contributed by atoms with van der Waals surface area (Å²) >= 11 is 0. The number of fused-ring (bicyclic) bond motifs is 2. The van der Waals surface area contributed by atoms with Gasteiger partial charge in [0.05, 0.1) is 7.11 Å². The second-order valence-corrected chi connectivity index (χ2v) is 3.44. The van der Waals surface area contributed by atoms with Crippen LogP contribution in [0.4, 0.5) is 0 Å². The predicted octanol–water partition coefficient (Wildman–Crippen LogP) is 0.722. The highest BCUT2D eigenvalue weighted by molar-refractivity contribution is 5.85. The number of piperidine rings is 1. The SMILES string of the molecule is COC(=O)C1NC2CCC1C2.Cl. The number of methoxy groups -OCH3 is 1. The van der Waals surface area contributed by atoms with Crippen molar-refractivity contribution in [3.8, 4) is 0 Å². The maximum atomic E-state index is 11.1. The molecular weight excluding hydrogens is 178 g/mol. The number of esters is 1. The Hall–Kier alpha value is -0.280. The number of hydrogen-bond acceptors (Lipinski definition) is 3. The largest absolute Gasteiger partial charge is 0.468 e. The third kappa shape index (κ3) is 1.43. The molecule has 3 nitrogen and oxygen atoms in total. The molecule has 12 heavy (non-hydrogen) atoms. The normalized spacial score (nSPS) is 37.6. The number of carbonyl (C=O) groups is 1. The lowest BCUT2D eigenvalue weighted by Gasteiger charge is -2.20. The van der Waals surface area contributed by atoms with Gasteiger partial charge in [0.15, 0.2) is 0 Å². The Balaban J connectivity index is 0.000000720. The van der Waals surface area contributed by atoms with Crippen molar-refractivity contribution >= 4 is 18.4 Å². The Bertz CT molecular complexity index is 186. The summed E-state index contributed by atoms with van der Waals surface area (Å²) in [6, 6.07) is 0.586. The molecule has 0 aromatic rings. The van der Waals surface area contributed by atoms with Crippen molar-refractivity contribution in [2.24, 2.45) is 5.92 Å². The molecule has 0 aromatic heterocycles. The first-order valence-electron chi connectivity index (χ1n) is 4.15. The first-order valence-corrected chi connectivity index (χ1v) is 4.15. The summed E-state index contributed by atoms with van der Waals surface area (Å²) < 4.78 is 4.69. The third-order valence-corrected chi connectivity index (χ3v) is 2.81. The van der Waals surface area contributed by atoms with E-state index in [4.69, 9.17) is 0 Å². The summed E-state index contributed by atoms with van der Waals surface area (Å²) in [5.41, 5.74) is 0. The van der Waals surface area contributed by atoms with Gasteiger partial charge in [-0.3, -0.25) is 4.79 Å². The van der Waals surface area contributed by atoms with Crippen LogP contribution >= 0.6 is 12.4 Å². The number of rotatable bonds is 1. The van der Waals surface area contributed by atoms with Crippen molar-refractivity contribution in [1.82, 2.24) is 5.32 Å². The van der Waals surface area contributed by atoms with Gasteiger partial charge in [-0.15, -0.1) is 12.4 Å². The van der Waals surface area contributed by atoms with E-state index in [0.717, 1.165) is 0 Å². The van der Waals surface area contributed by atoms with Crippen LogP contribution < -0.4 is 5.32 Å². The van der Waals surface area contributed by atoms with Gasteiger partial charge in [0.25, 0.3) is 0 Å². The Labute approximate surface area is 78.3 Å². The van der Waals surface area contributed by atoms with Gasteiger partial charge in [0, 0.05) is 6.04 Å². The quantitative estimate of drug-likeness (QED) is 0.621. The Morgan fingerprint density at radius 3 is 2.67 bits per heavy atom. The lowest BCUT2D eigenvalue weighted by Crippen LogP contribution is -2.42. The highest BCUT2D eigenvalue weighted by Gasteiger charge is 2.43. The van der Waals surface area contributed by atoms with E-state index in [-0.39, 0.29) is 24.4 Å². The van der Waals surface area contributed by atoms with Crippen molar-refractivity contribution in [3.05, 3.63) is 0 Å². The molecule has 0 radical (unpaired) electrons. The molecule has 2 rings (SSSR count). The van der Waals surface area contributed by atoms with Crippen molar-refractivity contribution < 1.29 is 9.53 Å². The summed E-state index contributed by atoms with van der Waals surface area (Å²) in [6.45, 7) is 0. The van der Waals surface area contributed by atoms with E-state index in [1.165, 1.54) is 26.4 Å². The molecule has 0 spiro atoms. The van der Waals surface area contributed by atoms with Gasteiger partial charge in [0.1, 0.15) is 6.04 Å². The molecule has 2 fully saturated rings. The van der Waals surface area contributed by atoms with Gasteiger partial charge in [-0.05, 0) is 25.2 Å². The monoisotopic (exact) mass is 191 g/mol. The number of carbonyl (C=O) groups excluding carboxylic acids is 1. The zero-order valence-corrected chi connectivity index (χ0v) is 7.89. The van der Waals surface area contributed by atoms with E-state index < -0.39 is 0 Å². The zero-order chi connectivity index (χ0) is 7.84. The van der Waals surface area contributed by atoms with Crippen molar-refractivity contribution in [1.29, 1.82) is 0 Å². The molecule has 3 atom stereocenters. The number of halogens is 1. The minimum absolute atomic E-state index is 0. The van der Waals surface area contributed by atoms with E-state index in [9.17, 15) is 4.79 Å². The first kappa shape index (κ1) is 9.81. The van der Waals surface area contributed by atoms with E-state index in [1.54, 1.807) is 0 Å². The van der Waals surface area contributed by atoms with Crippen molar-refractivity contribution in [2.45, 2.75) is 31.3 Å². The van der Waals surface area contributed by atoms with Crippen LogP contribution in [-0.2, 0) is 9.53 Å². The Morgan fingerprint density at radius 2 is 2.25 bits per heavy atom. The minimum Gasteiger partial charge on any atom is -0.468 e. The van der Waals surface area contributed by atoms with Crippen molar-refractivity contribution in [3.63, 3.8) is 0 Å². The summed E-state index contributed by atoms with van der Waals surface area (Å²) in [6.07, 6.45) is 3.59. The molecule has 3 unspecified atom stereocenters. The molecule has 1 N–H and O–H groups in total. The van der Waals surface area contributed by atoms with Crippen LogP contribution in [0.5, 0.6) is 0 Å². The van der Waals surface area contributed by atoms with Crippen LogP contribution in [0.15, 0.2) is 0 Å². The van der Waals surface area contributed by atoms with E-state index in [2.05, 4.69) is 10.1 Å². The maximum Gasteiger partial charge on any atom is 0.323 e. The highest BCUT2D eigenvalue weighted by Crippen LogP contribution is 2.35. The van der Waals surface area contributed by atoms with Gasteiger partial charge in [-0.25, -0.2) is 0 Å². The molecule has 1 saturated carbocycles. The number of nitrogens with one attached hydrogen (secondary N) is 1. The van der Waals surface area contributed by atoms with Crippen LogP contribution in [0.25, 0.3) is 0 Å². The zero-order valence-electron chi connectivity index (χ0n) is 7.08. The number of hydrogen-bond donors (Lipinski definition) is 1. The molecular formula is C8H14ClNO2. The van der Waals surface area contributed by atoms with Crippen LogP contribution in [0.3, 0.4) is 0 Å². The minimum atomic E-state index is -0.0859. The van der Waals surface area contributed by atoms with E-state index in [1.807, 2.05) is 0 Å². The van der Waals surface area contributed by atoms with Crippen LogP contribution in [0.2, 0.25) is 0 Å². The fourth-order valence-corrected chi connectivity index (χ4v) is 2.25. The lowest BCUT2D eigenvalue weighted by molar-refractivity contribution is -0.144. The lowest BCUT2D eigenvalue weighted by atomic mass is 10.0. The molecule has 1 saturated heterocycles. The standard InChI is InChI=1S/C8H13NO2.ClH/c1-11-8(10)7-5-2-3-6(4-5)9-7;/h5-7,9H,2-4H2,1H3;1H. The third-order valence-electron chi connectivity index (χ3n) is 2.81. The van der Waals surface area contributed by atoms with Gasteiger partial charge in [-0.2, -0.15) is 0 Å². The molecule has 0 aromatic carbocycles. The molecule has 1 aliphatic heterocycles. The van der Waals surface area contributed by atoms with Gasteiger partial charge in [-0.1, -0.05) is 0 Å². The molecule has 0 amide bonds. The predicted molar refractivity (Wildman–Crippen MR) is 47.3 cm³/mol. The van der Waals surface area contributed by atoms with Crippen LogP contribution in [-0.4, -0.2) is 25.2 Å². The van der Waals surface area contributed by atoms with Crippen LogP contribution in [0.1, 0.15) is 19.3 Å². The van der Waals surface area contributed by atoms with Crippen molar-refractivity contribution in [2.75, 3.05) is 7.11 Å². The first-order chi connectivity index (χ1) is 5.31. The summed E-state index contributed by atoms with van der Waals surface area (Å²) in [5.74, 6) is 0.463. The Kier molecular flexibility index (Phi) is 2.96. The second kappa shape index (κ2) is 3.62. The summed E-state index contributed by atoms with van der Waals surface area (Å²) in [4.78, 5) is 11.1. The molecule has 1 heterocycles. The average Bonchev–Trinajstić information content (AvgIpc) is 2.62. The fourth-order valence-electron chi connectivity index (χ4n) is 2.25. The summed E-state index contributed by atoms with van der Waals surface area (Å²) in [7, 11) is 1.45. The topological polar surface area (TPSA) is 38.3 Å².